The highest BCUT2D eigenvalue weighted by Crippen LogP contribution is 1.98. The van der Waals surface area contributed by atoms with Crippen LogP contribution in [0.4, 0.5) is 4.79 Å². The molecule has 0 saturated carbocycles. The van der Waals surface area contributed by atoms with Crippen LogP contribution in [0, 0.1) is 0 Å². The van der Waals surface area contributed by atoms with Crippen LogP contribution in [0.25, 0.3) is 0 Å². The van der Waals surface area contributed by atoms with Crippen LogP contribution >= 0.6 is 0 Å². The Balaban J connectivity index is 3.79. The summed E-state index contributed by atoms with van der Waals surface area (Å²) < 4.78 is 0. The summed E-state index contributed by atoms with van der Waals surface area (Å²) in [7, 11) is 0. The van der Waals surface area contributed by atoms with Crippen molar-refractivity contribution >= 4 is 6.03 Å². The third-order valence-corrected chi connectivity index (χ3v) is 1.95. The third kappa shape index (κ3) is 5.47. The fourth-order valence-corrected chi connectivity index (χ4v) is 1.08. The second kappa shape index (κ2) is 7.86. The van der Waals surface area contributed by atoms with E-state index in [1.807, 2.05) is 0 Å². The molecule has 76 valence electrons. The van der Waals surface area contributed by atoms with Gasteiger partial charge in [-0.05, 0) is 18.7 Å². The molecule has 0 unspecified atom stereocenters. The summed E-state index contributed by atoms with van der Waals surface area (Å²) in [5.74, 6) is 8.46. The number of amides is 2. The van der Waals surface area contributed by atoms with Crippen LogP contribution in [0.2, 0.25) is 0 Å². The van der Waals surface area contributed by atoms with Gasteiger partial charge in [-0.2, -0.15) is 0 Å². The number of carbonyl (C=O) groups is 1. The molecule has 13 heavy (non-hydrogen) atoms. The summed E-state index contributed by atoms with van der Waals surface area (Å²) >= 11 is 0. The van der Waals surface area contributed by atoms with Crippen LogP contribution in [-0.4, -0.2) is 24.0 Å². The molecule has 0 aliphatic heterocycles. The third-order valence-electron chi connectivity index (χ3n) is 1.95. The largest absolute Gasteiger partial charge is 0.334 e. The molecule has 2 amide bonds. The van der Waals surface area contributed by atoms with Gasteiger partial charge < -0.3 is 4.90 Å². The Bertz CT molecular complexity index is 131. The lowest BCUT2D eigenvalue weighted by Crippen LogP contribution is -2.40. The van der Waals surface area contributed by atoms with Crippen molar-refractivity contribution in [3.8, 4) is 0 Å². The number of nitrogens with zero attached hydrogens (tertiary/aromatic N) is 2. The zero-order chi connectivity index (χ0) is 10.1. The normalized spacial score (nSPS) is 9.77. The second-order valence-electron chi connectivity index (χ2n) is 3.11. The minimum absolute atomic E-state index is 0.387. The highest BCUT2D eigenvalue weighted by atomic mass is 16.2. The van der Waals surface area contributed by atoms with Gasteiger partial charge in [0.2, 0.25) is 0 Å². The van der Waals surface area contributed by atoms with Crippen LogP contribution in [-0.2, 0) is 0 Å². The molecule has 0 aliphatic carbocycles. The Hall–Kier alpha value is -0.770. The molecule has 4 nitrogen and oxygen atoms in total. The summed E-state index contributed by atoms with van der Waals surface area (Å²) in [5, 5.41) is 0. The van der Waals surface area contributed by atoms with Crippen molar-refractivity contribution in [1.82, 2.24) is 16.2 Å². The van der Waals surface area contributed by atoms with E-state index in [-0.39, 0.29) is 6.03 Å². The Morgan fingerprint density at radius 3 is 2.00 bits per heavy atom. The maximum atomic E-state index is 11.1. The predicted molar refractivity (Wildman–Crippen MR) is 52.1 cm³/mol. The lowest BCUT2D eigenvalue weighted by atomic mass is 10.3. The topological polar surface area (TPSA) is 54.6 Å². The smallest absolute Gasteiger partial charge is 0.324 e. The Labute approximate surface area is 80.4 Å². The highest BCUT2D eigenvalue weighted by Gasteiger charge is 2.10. The molecule has 0 rings (SSSR count). The summed E-state index contributed by atoms with van der Waals surface area (Å²) in [5.41, 5.74) is 1.67. The lowest BCUT2D eigenvalue weighted by molar-refractivity contribution is 0.195. The number of unbranched alkanes of at least 4 members (excludes halogenated alkanes) is 2. The molecule has 0 aromatic carbocycles. The molecule has 0 fully saturated rings. The maximum absolute atomic E-state index is 11.1. The number of urea groups is 1. The summed E-state index contributed by atoms with van der Waals surface area (Å²) in [6.07, 6.45) is 4.08. The van der Waals surface area contributed by atoms with E-state index in [1.165, 1.54) is 0 Å². The summed E-state index contributed by atoms with van der Waals surface area (Å²) in [6.45, 7) is 5.61. The lowest BCUT2D eigenvalue weighted by Gasteiger charge is -2.20. The first kappa shape index (κ1) is 12.2. The zero-order valence-corrected chi connectivity index (χ0v) is 8.55. The summed E-state index contributed by atoms with van der Waals surface area (Å²) in [6, 6.07) is -0.387. The molecule has 0 aromatic rings. The number of nitrogens with one attached hydrogen (secondary N) is 1. The quantitative estimate of drug-likeness (QED) is 0.627. The van der Waals surface area contributed by atoms with Crippen molar-refractivity contribution in [2.45, 2.75) is 39.5 Å². The van der Waals surface area contributed by atoms with E-state index >= 15 is 0 Å². The first-order chi connectivity index (χ1) is 6.26. The molecule has 0 heterocycles. The fourth-order valence-electron chi connectivity index (χ4n) is 1.08. The second-order valence-corrected chi connectivity index (χ2v) is 3.11. The van der Waals surface area contributed by atoms with Crippen molar-refractivity contribution in [2.75, 3.05) is 13.1 Å². The first-order valence-corrected chi connectivity index (χ1v) is 4.95. The van der Waals surface area contributed by atoms with E-state index in [1.54, 1.807) is 10.3 Å². The number of hydrogen-bond acceptors (Lipinski definition) is 1. The number of hydrogen-bond donors (Lipinski definition) is 1. The molecule has 0 atom stereocenters. The van der Waals surface area contributed by atoms with Gasteiger partial charge in [0.15, 0.2) is 0 Å². The maximum Gasteiger partial charge on any atom is 0.334 e. The van der Waals surface area contributed by atoms with E-state index in [9.17, 15) is 4.79 Å². The average molecular weight is 185 g/mol. The Morgan fingerprint density at radius 1 is 1.23 bits per heavy atom. The van der Waals surface area contributed by atoms with Crippen molar-refractivity contribution < 1.29 is 4.79 Å². The molecule has 2 radical (unpaired) electrons. The predicted octanol–water partition coefficient (Wildman–Crippen LogP) is 1.58. The monoisotopic (exact) mass is 185 g/mol. The van der Waals surface area contributed by atoms with E-state index < -0.39 is 0 Å². The Morgan fingerprint density at radius 2 is 1.69 bits per heavy atom. The summed E-state index contributed by atoms with van der Waals surface area (Å²) in [4.78, 5) is 12.7. The van der Waals surface area contributed by atoms with Crippen LogP contribution in [0.1, 0.15) is 39.5 Å². The van der Waals surface area contributed by atoms with Gasteiger partial charge in [-0.25, -0.2) is 10.2 Å². The van der Waals surface area contributed by atoms with Crippen molar-refractivity contribution in [1.29, 1.82) is 0 Å². The van der Waals surface area contributed by atoms with Crippen LogP contribution in [0.3, 0.4) is 0 Å². The van der Waals surface area contributed by atoms with Crippen molar-refractivity contribution in [3.63, 3.8) is 0 Å². The van der Waals surface area contributed by atoms with Gasteiger partial charge in [0.25, 0.3) is 0 Å². The highest BCUT2D eigenvalue weighted by molar-refractivity contribution is 5.73. The molecular weight excluding hydrogens is 166 g/mol. The standard InChI is InChI=1S/C9H19N3O/c1-3-5-7-12(8-6-4-2)9(13)11-10/h3-8H2,1-2H3,(H,11,13). The molecule has 0 bridgehead atoms. The van der Waals surface area contributed by atoms with E-state index in [0.29, 0.717) is 0 Å². The van der Waals surface area contributed by atoms with Crippen LogP contribution in [0.15, 0.2) is 0 Å². The minimum atomic E-state index is -0.387. The van der Waals surface area contributed by atoms with E-state index in [0.717, 1.165) is 38.8 Å². The SMILES string of the molecule is CCCCN(CCCC)C(=O)N[N]. The first-order valence-electron chi connectivity index (χ1n) is 4.95. The van der Waals surface area contributed by atoms with Crippen LogP contribution < -0.4 is 11.3 Å². The average Bonchev–Trinajstić information content (AvgIpc) is 2.17. The molecule has 0 spiro atoms. The van der Waals surface area contributed by atoms with Gasteiger partial charge in [-0.3, -0.25) is 0 Å². The van der Waals surface area contributed by atoms with Crippen LogP contribution in [0.5, 0.6) is 0 Å². The van der Waals surface area contributed by atoms with Gasteiger partial charge in [0.1, 0.15) is 0 Å². The molecular formula is C9H19N3O. The van der Waals surface area contributed by atoms with Crippen molar-refractivity contribution in [2.24, 2.45) is 0 Å². The zero-order valence-electron chi connectivity index (χ0n) is 8.55. The molecule has 0 aromatic heterocycles. The van der Waals surface area contributed by atoms with Gasteiger partial charge >= 0.3 is 6.03 Å². The van der Waals surface area contributed by atoms with E-state index in [4.69, 9.17) is 5.84 Å². The molecule has 1 N–H and O–H groups in total. The van der Waals surface area contributed by atoms with Gasteiger partial charge in [0, 0.05) is 13.1 Å². The minimum Gasteiger partial charge on any atom is -0.324 e. The number of carbonyl (C=O) groups excluding carboxylic acids is 1. The van der Waals surface area contributed by atoms with Gasteiger partial charge in [-0.1, -0.05) is 26.7 Å². The molecule has 0 aliphatic rings. The van der Waals surface area contributed by atoms with Gasteiger partial charge in [-0.15, -0.1) is 0 Å². The molecule has 4 heteroatoms. The molecule has 0 saturated heterocycles. The fraction of sp³-hybridized carbons (Fsp3) is 0.889. The number of rotatable bonds is 6. The van der Waals surface area contributed by atoms with Crippen molar-refractivity contribution in [3.05, 3.63) is 0 Å². The van der Waals surface area contributed by atoms with Gasteiger partial charge in [0.05, 0.1) is 0 Å². The Kier molecular flexibility index (Phi) is 7.39. The van der Waals surface area contributed by atoms with E-state index in [2.05, 4.69) is 13.8 Å².